The van der Waals surface area contributed by atoms with Crippen molar-refractivity contribution >= 4 is 17.9 Å². The monoisotopic (exact) mass is 849 g/mol. The molecule has 60 heavy (non-hydrogen) atoms. The van der Waals surface area contributed by atoms with E-state index in [4.69, 9.17) is 14.2 Å². The number of esters is 3. The van der Waals surface area contributed by atoms with Gasteiger partial charge in [-0.15, -0.1) is 0 Å². The van der Waals surface area contributed by atoms with Crippen molar-refractivity contribution < 1.29 is 28.6 Å². The number of unbranched alkanes of at least 4 members (excludes halogenated alkanes) is 36. The first-order chi connectivity index (χ1) is 29.4. The Hall–Kier alpha value is -1.59. The molecular formula is C54H104O6. The first kappa shape index (κ1) is 58.4. The largest absolute Gasteiger partial charge is 0.462 e. The molecule has 0 aliphatic heterocycles. The average Bonchev–Trinajstić information content (AvgIpc) is 3.23. The minimum Gasteiger partial charge on any atom is -0.462 e. The fraction of sp³-hybridized carbons (Fsp3) is 0.944. The number of rotatable bonds is 49. The summed E-state index contributed by atoms with van der Waals surface area (Å²) in [6.45, 7) is 9.00. The van der Waals surface area contributed by atoms with Gasteiger partial charge in [-0.1, -0.05) is 265 Å². The van der Waals surface area contributed by atoms with Crippen molar-refractivity contribution in [2.75, 3.05) is 13.2 Å². The fourth-order valence-corrected chi connectivity index (χ4v) is 8.22. The van der Waals surface area contributed by atoms with Crippen LogP contribution in [0.3, 0.4) is 0 Å². The molecule has 0 aromatic carbocycles. The highest BCUT2D eigenvalue weighted by Gasteiger charge is 2.19. The van der Waals surface area contributed by atoms with Crippen LogP contribution in [0, 0.1) is 5.92 Å². The number of hydrogen-bond donors (Lipinski definition) is 0. The number of ether oxygens (including phenoxy) is 3. The normalized spacial score (nSPS) is 11.9. The summed E-state index contributed by atoms with van der Waals surface area (Å²) in [5.41, 5.74) is 0. The third-order valence-corrected chi connectivity index (χ3v) is 12.3. The summed E-state index contributed by atoms with van der Waals surface area (Å²) < 4.78 is 16.8. The van der Waals surface area contributed by atoms with Gasteiger partial charge in [0.25, 0.3) is 0 Å². The smallest absolute Gasteiger partial charge is 0.306 e. The third kappa shape index (κ3) is 47.5. The lowest BCUT2D eigenvalue weighted by molar-refractivity contribution is -0.167. The van der Waals surface area contributed by atoms with E-state index in [1.165, 1.54) is 199 Å². The van der Waals surface area contributed by atoms with E-state index in [0.717, 1.165) is 63.7 Å². The predicted molar refractivity (Wildman–Crippen MR) is 257 cm³/mol. The topological polar surface area (TPSA) is 78.9 Å². The van der Waals surface area contributed by atoms with Gasteiger partial charge in [-0.05, 0) is 25.2 Å². The number of carbonyl (C=O) groups is 3. The van der Waals surface area contributed by atoms with Gasteiger partial charge in [0.2, 0.25) is 0 Å². The number of carbonyl (C=O) groups excluding carboxylic acids is 3. The SMILES string of the molecule is CCCCCCCCCCCCCCCCCCCCC(=O)OC[C@@H](COC(=O)CCCCCCCCCCC(C)C)OC(=O)CCCCCCCCCCCCCCC. The van der Waals surface area contributed by atoms with E-state index in [1.807, 2.05) is 0 Å². The summed E-state index contributed by atoms with van der Waals surface area (Å²) in [6.07, 6.45) is 50.9. The highest BCUT2D eigenvalue weighted by atomic mass is 16.6. The lowest BCUT2D eigenvalue weighted by Gasteiger charge is -2.18. The summed E-state index contributed by atoms with van der Waals surface area (Å²) in [4.78, 5) is 38.0. The quantitative estimate of drug-likeness (QED) is 0.0345. The summed E-state index contributed by atoms with van der Waals surface area (Å²) in [7, 11) is 0. The van der Waals surface area contributed by atoms with Gasteiger partial charge < -0.3 is 14.2 Å². The van der Waals surface area contributed by atoms with E-state index in [2.05, 4.69) is 27.7 Å². The molecule has 0 spiro atoms. The molecule has 0 saturated carbocycles. The van der Waals surface area contributed by atoms with Crippen LogP contribution in [-0.2, 0) is 28.6 Å². The Morgan fingerprint density at radius 3 is 0.817 bits per heavy atom. The standard InChI is InChI=1S/C54H104O6/c1-5-7-9-11-13-15-17-19-20-21-22-23-25-26-28-33-37-41-45-52(55)58-48-51(49-59-53(56)46-42-38-34-31-30-32-36-40-44-50(3)4)60-54(57)47-43-39-35-29-27-24-18-16-14-12-10-8-6-2/h50-51H,5-49H2,1-4H3/t51-/m0/s1. The van der Waals surface area contributed by atoms with Gasteiger partial charge in [0.15, 0.2) is 6.10 Å². The lowest BCUT2D eigenvalue weighted by Crippen LogP contribution is -2.30. The molecule has 0 aromatic heterocycles. The lowest BCUT2D eigenvalue weighted by atomic mass is 10.0. The maximum atomic E-state index is 12.8. The Kier molecular flexibility index (Phi) is 47.2. The Bertz CT molecular complexity index is 903. The molecule has 0 amide bonds. The van der Waals surface area contributed by atoms with Crippen molar-refractivity contribution in [1.29, 1.82) is 0 Å². The molecule has 0 radical (unpaired) electrons. The summed E-state index contributed by atoms with van der Waals surface area (Å²) in [5.74, 6) is -0.0475. The van der Waals surface area contributed by atoms with E-state index >= 15 is 0 Å². The fourth-order valence-electron chi connectivity index (χ4n) is 8.22. The van der Waals surface area contributed by atoms with Crippen molar-refractivity contribution in [3.63, 3.8) is 0 Å². The Morgan fingerprint density at radius 2 is 0.550 bits per heavy atom. The second-order valence-electron chi connectivity index (χ2n) is 19.0. The molecule has 1 atom stereocenters. The van der Waals surface area contributed by atoms with Crippen LogP contribution in [0.2, 0.25) is 0 Å². The van der Waals surface area contributed by atoms with Gasteiger partial charge in [0.05, 0.1) is 0 Å². The molecule has 0 unspecified atom stereocenters. The van der Waals surface area contributed by atoms with Gasteiger partial charge in [-0.25, -0.2) is 0 Å². The second-order valence-corrected chi connectivity index (χ2v) is 19.0. The summed E-state index contributed by atoms with van der Waals surface area (Å²) in [5, 5.41) is 0. The van der Waals surface area contributed by atoms with Crippen molar-refractivity contribution in [1.82, 2.24) is 0 Å². The second kappa shape index (κ2) is 48.4. The van der Waals surface area contributed by atoms with Gasteiger partial charge >= 0.3 is 17.9 Å². The first-order valence-electron chi connectivity index (χ1n) is 26.9. The van der Waals surface area contributed by atoms with Crippen molar-refractivity contribution in [3.8, 4) is 0 Å². The zero-order valence-electron chi connectivity index (χ0n) is 40.9. The van der Waals surface area contributed by atoms with E-state index in [0.29, 0.717) is 19.3 Å². The van der Waals surface area contributed by atoms with Gasteiger partial charge in [-0.2, -0.15) is 0 Å². The molecule has 0 rings (SSSR count). The van der Waals surface area contributed by atoms with Crippen LogP contribution in [0.5, 0.6) is 0 Å². The highest BCUT2D eigenvalue weighted by molar-refractivity contribution is 5.71. The predicted octanol–water partition coefficient (Wildman–Crippen LogP) is 17.5. The van der Waals surface area contributed by atoms with Crippen LogP contribution in [0.25, 0.3) is 0 Å². The molecule has 0 aromatic rings. The minimum absolute atomic E-state index is 0.0628. The van der Waals surface area contributed by atoms with Crippen molar-refractivity contribution in [2.45, 2.75) is 310 Å². The van der Waals surface area contributed by atoms with Crippen molar-refractivity contribution in [2.24, 2.45) is 5.92 Å². The molecule has 0 N–H and O–H groups in total. The molecule has 0 saturated heterocycles. The van der Waals surface area contributed by atoms with Crippen LogP contribution in [0.15, 0.2) is 0 Å². The van der Waals surface area contributed by atoms with Crippen LogP contribution in [-0.4, -0.2) is 37.2 Å². The summed E-state index contributed by atoms with van der Waals surface area (Å²) in [6, 6.07) is 0. The molecule has 0 bridgehead atoms. The van der Waals surface area contributed by atoms with Crippen molar-refractivity contribution in [3.05, 3.63) is 0 Å². The van der Waals surface area contributed by atoms with Gasteiger partial charge in [0, 0.05) is 19.3 Å². The molecular weight excluding hydrogens is 745 g/mol. The average molecular weight is 849 g/mol. The molecule has 0 fully saturated rings. The molecule has 6 nitrogen and oxygen atoms in total. The van der Waals surface area contributed by atoms with Gasteiger partial charge in [-0.3, -0.25) is 14.4 Å². The third-order valence-electron chi connectivity index (χ3n) is 12.3. The zero-order chi connectivity index (χ0) is 43.8. The molecule has 0 aliphatic carbocycles. The summed E-state index contributed by atoms with van der Waals surface area (Å²) >= 11 is 0. The van der Waals surface area contributed by atoms with Gasteiger partial charge in [0.1, 0.15) is 13.2 Å². The van der Waals surface area contributed by atoms with Crippen LogP contribution in [0.1, 0.15) is 304 Å². The molecule has 0 aliphatic rings. The molecule has 6 heteroatoms. The highest BCUT2D eigenvalue weighted by Crippen LogP contribution is 2.17. The van der Waals surface area contributed by atoms with E-state index in [-0.39, 0.29) is 31.1 Å². The van der Waals surface area contributed by atoms with Crippen LogP contribution in [0.4, 0.5) is 0 Å². The maximum absolute atomic E-state index is 12.8. The maximum Gasteiger partial charge on any atom is 0.306 e. The molecule has 0 heterocycles. The number of hydrogen-bond acceptors (Lipinski definition) is 6. The van der Waals surface area contributed by atoms with E-state index in [9.17, 15) is 14.4 Å². The Balaban J connectivity index is 4.26. The Labute approximate surface area is 374 Å². The zero-order valence-corrected chi connectivity index (χ0v) is 40.9. The van der Waals surface area contributed by atoms with E-state index < -0.39 is 6.10 Å². The van der Waals surface area contributed by atoms with E-state index in [1.54, 1.807) is 0 Å². The first-order valence-corrected chi connectivity index (χ1v) is 26.9. The minimum atomic E-state index is -0.761. The Morgan fingerprint density at radius 1 is 0.317 bits per heavy atom. The molecule has 356 valence electrons. The van der Waals surface area contributed by atoms with Crippen LogP contribution < -0.4 is 0 Å². The van der Waals surface area contributed by atoms with Crippen LogP contribution >= 0.6 is 0 Å².